The molecule has 216 valence electrons. The van der Waals surface area contributed by atoms with Crippen LogP contribution in [0.3, 0.4) is 0 Å². The summed E-state index contributed by atoms with van der Waals surface area (Å²) in [5.41, 5.74) is 3.69. The van der Waals surface area contributed by atoms with Crippen LogP contribution >= 0.6 is 0 Å². The van der Waals surface area contributed by atoms with E-state index >= 15 is 0 Å². The summed E-state index contributed by atoms with van der Waals surface area (Å²) >= 11 is 0. The van der Waals surface area contributed by atoms with Gasteiger partial charge in [-0.25, -0.2) is 4.79 Å². The molecule has 5 aliphatic rings. The van der Waals surface area contributed by atoms with Crippen LogP contribution < -0.4 is 0 Å². The summed E-state index contributed by atoms with van der Waals surface area (Å²) in [4.78, 5) is 14.5. The zero-order valence-corrected chi connectivity index (χ0v) is 25.2. The molecular formula is C35H52B2O3. The van der Waals surface area contributed by atoms with Gasteiger partial charge in [0.15, 0.2) is 6.71 Å². The summed E-state index contributed by atoms with van der Waals surface area (Å²) in [5.74, 6) is 2.75. The Labute approximate surface area is 244 Å². The minimum Gasteiger partial charge on any atom is -0.463 e. The number of rotatable bonds is 8. The molecule has 6 rings (SSSR count). The summed E-state index contributed by atoms with van der Waals surface area (Å²) in [6, 6.07) is 11.1. The van der Waals surface area contributed by atoms with Crippen molar-refractivity contribution in [2.75, 3.05) is 6.61 Å². The minimum atomic E-state index is -0.0341. The number of hydrogen-bond donors (Lipinski definition) is 0. The van der Waals surface area contributed by atoms with Crippen LogP contribution in [0.25, 0.3) is 5.47 Å². The molecule has 0 N–H and O–H groups in total. The van der Waals surface area contributed by atoms with E-state index in [1.54, 1.807) is 0 Å². The highest BCUT2D eigenvalue weighted by Crippen LogP contribution is 2.54. The van der Waals surface area contributed by atoms with Gasteiger partial charge in [-0.1, -0.05) is 144 Å². The lowest BCUT2D eigenvalue weighted by atomic mass is 9.22. The molecule has 40 heavy (non-hydrogen) atoms. The first kappa shape index (κ1) is 28.6. The molecule has 5 fully saturated rings. The largest absolute Gasteiger partial charge is 0.463 e. The van der Waals surface area contributed by atoms with Crippen molar-refractivity contribution in [3.05, 3.63) is 41.5 Å². The first-order valence-corrected chi connectivity index (χ1v) is 17.3. The standard InChI is InChI=1S/C35H52B2O3/c1-2-39-35(38)33(34(27-15-7-4-8-16-27)36-28-17-9-18-29(36)20-10-19-28)32(25-26-13-5-3-6-14-26)37-30-21-11-23-31(40-37)24-12-22-30/h4,7-8,15-16,26,28-32H,2-3,5-6,9-14,17-25H2,1H3/b34-33-. The van der Waals surface area contributed by atoms with E-state index in [1.807, 2.05) is 6.92 Å². The molecule has 1 aliphatic carbocycles. The monoisotopic (exact) mass is 542 g/mol. The van der Waals surface area contributed by atoms with Gasteiger partial charge in [0.25, 0.3) is 0 Å². The third-order valence-corrected chi connectivity index (χ3v) is 11.6. The van der Waals surface area contributed by atoms with Crippen LogP contribution in [0.5, 0.6) is 0 Å². The molecule has 3 nitrogen and oxygen atoms in total. The fourth-order valence-corrected chi connectivity index (χ4v) is 9.89. The normalized spacial score (nSPS) is 30.7. The van der Waals surface area contributed by atoms with Crippen LogP contribution in [0.1, 0.15) is 128 Å². The zero-order chi connectivity index (χ0) is 27.3. The van der Waals surface area contributed by atoms with Gasteiger partial charge in [0.05, 0.1) is 6.61 Å². The smallest absolute Gasteiger partial charge is 0.333 e. The van der Waals surface area contributed by atoms with Crippen molar-refractivity contribution in [2.24, 2.45) is 5.92 Å². The maximum Gasteiger partial charge on any atom is 0.333 e. The summed E-state index contributed by atoms with van der Waals surface area (Å²) in [6.45, 7) is 3.05. The van der Waals surface area contributed by atoms with Crippen molar-refractivity contribution < 1.29 is 14.2 Å². The van der Waals surface area contributed by atoms with Crippen molar-refractivity contribution in [3.63, 3.8) is 0 Å². The third kappa shape index (κ3) is 6.30. The summed E-state index contributed by atoms with van der Waals surface area (Å²) in [6.07, 6.45) is 23.5. The van der Waals surface area contributed by atoms with Gasteiger partial charge in [-0.05, 0) is 49.3 Å². The second-order valence-corrected chi connectivity index (χ2v) is 14.0. The predicted octanol–water partition coefficient (Wildman–Crippen LogP) is 9.60. The van der Waals surface area contributed by atoms with E-state index in [-0.39, 0.29) is 18.7 Å². The molecule has 1 aromatic rings. The van der Waals surface area contributed by atoms with Gasteiger partial charge in [-0.2, -0.15) is 0 Å². The van der Waals surface area contributed by atoms with Gasteiger partial charge in [0.1, 0.15) is 0 Å². The van der Waals surface area contributed by atoms with Crippen LogP contribution in [0.2, 0.25) is 23.3 Å². The van der Waals surface area contributed by atoms with Gasteiger partial charge in [0, 0.05) is 11.7 Å². The van der Waals surface area contributed by atoms with Crippen molar-refractivity contribution in [3.8, 4) is 0 Å². The molecule has 4 heterocycles. The average Bonchev–Trinajstić information content (AvgIpc) is 3.29. The fourth-order valence-electron chi connectivity index (χ4n) is 9.89. The van der Waals surface area contributed by atoms with Crippen molar-refractivity contribution >= 4 is 25.1 Å². The average molecular weight is 542 g/mol. The number of carbonyl (C=O) groups is 1. The molecule has 1 unspecified atom stereocenters. The van der Waals surface area contributed by atoms with E-state index in [4.69, 9.17) is 9.39 Å². The van der Waals surface area contributed by atoms with Gasteiger partial charge < -0.3 is 9.39 Å². The zero-order valence-electron chi connectivity index (χ0n) is 25.2. The van der Waals surface area contributed by atoms with Gasteiger partial charge >= 0.3 is 12.9 Å². The SMILES string of the molecule is CCOC(=O)/C(=C(\B1C2CCCC1CCC2)c1ccccc1)C(CC1CCCCC1)B1OC2CCCC1CCC2. The first-order chi connectivity index (χ1) is 19.7. The highest BCUT2D eigenvalue weighted by atomic mass is 16.5. The van der Waals surface area contributed by atoms with Crippen LogP contribution in [-0.2, 0) is 14.2 Å². The van der Waals surface area contributed by atoms with Gasteiger partial charge in [-0.15, -0.1) is 0 Å². The Morgan fingerprint density at radius 2 is 1.40 bits per heavy atom. The molecule has 4 bridgehead atoms. The summed E-state index contributed by atoms with van der Waals surface area (Å²) < 4.78 is 13.2. The Balaban J connectivity index is 1.53. The van der Waals surface area contributed by atoms with Crippen LogP contribution in [-0.4, -0.2) is 32.3 Å². The van der Waals surface area contributed by atoms with Gasteiger partial charge in [0.2, 0.25) is 0 Å². The Kier molecular flexibility index (Phi) is 9.78. The van der Waals surface area contributed by atoms with Crippen molar-refractivity contribution in [2.45, 2.75) is 152 Å². The fraction of sp³-hybridized carbons (Fsp3) is 0.743. The highest BCUT2D eigenvalue weighted by Gasteiger charge is 2.49. The lowest BCUT2D eigenvalue weighted by Crippen LogP contribution is -2.40. The molecule has 0 spiro atoms. The summed E-state index contributed by atoms with van der Waals surface area (Å²) in [5, 5.41) is 0. The number of esters is 1. The molecule has 0 amide bonds. The quantitative estimate of drug-likeness (QED) is 0.186. The first-order valence-electron chi connectivity index (χ1n) is 17.3. The molecular weight excluding hydrogens is 490 g/mol. The van der Waals surface area contributed by atoms with Crippen LogP contribution in [0, 0.1) is 5.92 Å². The topological polar surface area (TPSA) is 35.5 Å². The Hall–Kier alpha value is -1.48. The second-order valence-electron chi connectivity index (χ2n) is 14.0. The molecule has 5 heteroatoms. The number of benzene rings is 1. The molecule has 4 saturated heterocycles. The van der Waals surface area contributed by atoms with E-state index in [0.717, 1.165) is 12.0 Å². The molecule has 0 radical (unpaired) electrons. The van der Waals surface area contributed by atoms with Crippen LogP contribution in [0.4, 0.5) is 0 Å². The minimum absolute atomic E-state index is 0.0341. The molecule has 1 saturated carbocycles. The van der Waals surface area contributed by atoms with Gasteiger partial charge in [-0.3, -0.25) is 0 Å². The molecule has 0 aromatic heterocycles. The number of ether oxygens (including phenoxy) is 1. The highest BCUT2D eigenvalue weighted by molar-refractivity contribution is 6.83. The Bertz CT molecular complexity index is 971. The molecule has 4 aliphatic heterocycles. The Morgan fingerprint density at radius 3 is 2.02 bits per heavy atom. The lowest BCUT2D eigenvalue weighted by Gasteiger charge is -2.43. The number of fused-ring (bicyclic) bond motifs is 5. The predicted molar refractivity (Wildman–Crippen MR) is 168 cm³/mol. The second kappa shape index (κ2) is 13.7. The van der Waals surface area contributed by atoms with Crippen LogP contribution in [0.15, 0.2) is 35.9 Å². The maximum atomic E-state index is 14.5. The van der Waals surface area contributed by atoms with E-state index in [9.17, 15) is 4.79 Å². The summed E-state index contributed by atoms with van der Waals surface area (Å²) in [7, 11) is 0. The van der Waals surface area contributed by atoms with Crippen molar-refractivity contribution in [1.82, 2.24) is 0 Å². The lowest BCUT2D eigenvalue weighted by molar-refractivity contribution is -0.138. The van der Waals surface area contributed by atoms with E-state index in [0.29, 0.717) is 42.8 Å². The molecule has 1 aromatic carbocycles. The third-order valence-electron chi connectivity index (χ3n) is 11.6. The van der Waals surface area contributed by atoms with Crippen molar-refractivity contribution in [1.29, 1.82) is 0 Å². The Morgan fingerprint density at radius 1 is 0.800 bits per heavy atom. The van der Waals surface area contributed by atoms with E-state index in [1.165, 1.54) is 120 Å². The number of hydrogen-bond acceptors (Lipinski definition) is 3. The van der Waals surface area contributed by atoms with E-state index < -0.39 is 0 Å². The maximum absolute atomic E-state index is 14.5. The number of carbonyl (C=O) groups excluding carboxylic acids is 1. The molecule has 1 atom stereocenters. The van der Waals surface area contributed by atoms with E-state index in [2.05, 4.69) is 30.3 Å².